The molecule has 0 saturated carbocycles. The van der Waals surface area contributed by atoms with Crippen LogP contribution in [0.15, 0.2) is 0 Å². The van der Waals surface area contributed by atoms with E-state index in [9.17, 15) is 4.79 Å². The monoisotopic (exact) mass is 256 g/mol. The summed E-state index contributed by atoms with van der Waals surface area (Å²) in [7, 11) is 1.38. The summed E-state index contributed by atoms with van der Waals surface area (Å²) in [4.78, 5) is 11.3. The number of hydrogen-bond acceptors (Lipinski definition) is 5. The molecule has 104 valence electrons. The summed E-state index contributed by atoms with van der Waals surface area (Å²) in [5.74, 6) is 0.611. The molecule has 5 heteroatoms. The highest BCUT2D eigenvalue weighted by Crippen LogP contribution is 2.19. The van der Waals surface area contributed by atoms with Gasteiger partial charge in [0.15, 0.2) is 5.90 Å². The average molecular weight is 256 g/mol. The molecule has 1 aliphatic rings. The van der Waals surface area contributed by atoms with Crippen LogP contribution in [0.2, 0.25) is 0 Å². The molecule has 0 spiro atoms. The van der Waals surface area contributed by atoms with Crippen LogP contribution in [0, 0.1) is 17.2 Å². The number of ether oxygens (including phenoxy) is 2. The lowest BCUT2D eigenvalue weighted by Gasteiger charge is -2.22. The summed E-state index contributed by atoms with van der Waals surface area (Å²) >= 11 is 0. The van der Waals surface area contributed by atoms with E-state index in [0.717, 1.165) is 6.42 Å². The van der Waals surface area contributed by atoms with Gasteiger partial charge < -0.3 is 14.8 Å². The lowest BCUT2D eigenvalue weighted by atomic mass is 9.93. The Labute approximate surface area is 109 Å². The van der Waals surface area contributed by atoms with Crippen LogP contribution in [0.3, 0.4) is 0 Å². The summed E-state index contributed by atoms with van der Waals surface area (Å²) in [6, 6.07) is -0.299. The van der Waals surface area contributed by atoms with Crippen molar-refractivity contribution in [2.75, 3.05) is 13.7 Å². The Morgan fingerprint density at radius 3 is 2.72 bits per heavy atom. The van der Waals surface area contributed by atoms with Crippen molar-refractivity contribution in [1.82, 2.24) is 5.32 Å². The van der Waals surface area contributed by atoms with Crippen molar-refractivity contribution >= 4 is 11.9 Å². The molecule has 0 aromatic carbocycles. The number of nitrogens with one attached hydrogen (secondary N) is 2. The first-order chi connectivity index (χ1) is 8.49. The molecular formula is C13H24N2O3. The molecule has 0 bridgehead atoms. The van der Waals surface area contributed by atoms with Gasteiger partial charge in [-0.15, -0.1) is 0 Å². The molecule has 2 N–H and O–H groups in total. The van der Waals surface area contributed by atoms with E-state index in [0.29, 0.717) is 24.8 Å². The lowest BCUT2D eigenvalue weighted by Crippen LogP contribution is -2.31. The molecule has 0 amide bonds. The molecule has 1 heterocycles. The van der Waals surface area contributed by atoms with Crippen molar-refractivity contribution in [3.8, 4) is 0 Å². The molecule has 1 aliphatic heterocycles. The van der Waals surface area contributed by atoms with Gasteiger partial charge in [-0.1, -0.05) is 27.2 Å². The van der Waals surface area contributed by atoms with Crippen LogP contribution >= 0.6 is 0 Å². The number of rotatable bonds is 5. The number of carbonyl (C=O) groups is 1. The lowest BCUT2D eigenvalue weighted by molar-refractivity contribution is -0.142. The Hall–Kier alpha value is -1.10. The highest BCUT2D eigenvalue weighted by atomic mass is 16.5. The van der Waals surface area contributed by atoms with E-state index in [2.05, 4.69) is 23.9 Å². The summed E-state index contributed by atoms with van der Waals surface area (Å²) in [5.41, 5.74) is 0. The van der Waals surface area contributed by atoms with E-state index >= 15 is 0 Å². The van der Waals surface area contributed by atoms with Crippen LogP contribution in [0.1, 0.15) is 33.6 Å². The van der Waals surface area contributed by atoms with Crippen molar-refractivity contribution in [3.63, 3.8) is 0 Å². The minimum atomic E-state index is -0.299. The van der Waals surface area contributed by atoms with Gasteiger partial charge >= 0.3 is 5.97 Å². The zero-order valence-corrected chi connectivity index (χ0v) is 11.7. The molecule has 0 aromatic rings. The fraction of sp³-hybridized carbons (Fsp3) is 0.846. The summed E-state index contributed by atoms with van der Waals surface area (Å²) < 4.78 is 10.3. The molecule has 2 unspecified atom stereocenters. The van der Waals surface area contributed by atoms with Crippen LogP contribution in [0.25, 0.3) is 0 Å². The van der Waals surface area contributed by atoms with Crippen LogP contribution in [0.5, 0.6) is 0 Å². The van der Waals surface area contributed by atoms with Crippen molar-refractivity contribution in [2.24, 2.45) is 11.8 Å². The van der Waals surface area contributed by atoms with Crippen molar-refractivity contribution in [3.05, 3.63) is 0 Å². The summed E-state index contributed by atoms with van der Waals surface area (Å²) in [6.07, 6.45) is 1.50. The highest BCUT2D eigenvalue weighted by molar-refractivity contribution is 5.77. The van der Waals surface area contributed by atoms with Crippen LogP contribution in [-0.2, 0) is 14.3 Å². The molecule has 18 heavy (non-hydrogen) atoms. The first-order valence-electron chi connectivity index (χ1n) is 6.55. The predicted octanol–water partition coefficient (Wildman–Crippen LogP) is 1.57. The molecule has 0 radical (unpaired) electrons. The van der Waals surface area contributed by atoms with Gasteiger partial charge in [0.1, 0.15) is 12.1 Å². The van der Waals surface area contributed by atoms with E-state index in [1.165, 1.54) is 7.11 Å². The van der Waals surface area contributed by atoms with Crippen molar-refractivity contribution in [2.45, 2.75) is 45.8 Å². The Kier molecular flexibility index (Phi) is 5.59. The minimum absolute atomic E-state index is 0.104. The molecule has 1 saturated heterocycles. The second kappa shape index (κ2) is 6.73. The first kappa shape index (κ1) is 15.0. The maximum atomic E-state index is 11.3. The average Bonchev–Trinajstić information content (AvgIpc) is 2.84. The zero-order chi connectivity index (χ0) is 13.7. The second-order valence-corrected chi connectivity index (χ2v) is 5.00. The third kappa shape index (κ3) is 3.70. The van der Waals surface area contributed by atoms with E-state index < -0.39 is 0 Å². The van der Waals surface area contributed by atoms with Gasteiger partial charge in [0.25, 0.3) is 0 Å². The standard InChI is InChI=1S/C13H24N2O3/c1-5-8(2)9(3)12(14)18-10-6-11(15-7-10)13(16)17-4/h8-11,14-15H,5-7H2,1-4H3/t8?,9?,10-,11+/m1/s1. The quantitative estimate of drug-likeness (QED) is 0.445. The molecule has 1 fully saturated rings. The second-order valence-electron chi connectivity index (χ2n) is 5.00. The largest absolute Gasteiger partial charge is 0.476 e. The Morgan fingerprint density at radius 2 is 2.17 bits per heavy atom. The Balaban J connectivity index is 2.41. The van der Waals surface area contributed by atoms with E-state index in [1.54, 1.807) is 0 Å². The molecule has 5 nitrogen and oxygen atoms in total. The normalized spacial score (nSPS) is 26.4. The van der Waals surface area contributed by atoms with Gasteiger partial charge in [-0.3, -0.25) is 10.2 Å². The number of carbonyl (C=O) groups excluding carboxylic acids is 1. The molecule has 0 aliphatic carbocycles. The maximum Gasteiger partial charge on any atom is 0.323 e. The van der Waals surface area contributed by atoms with Gasteiger partial charge in [0.2, 0.25) is 0 Å². The smallest absolute Gasteiger partial charge is 0.323 e. The number of esters is 1. The van der Waals surface area contributed by atoms with Crippen molar-refractivity contribution < 1.29 is 14.3 Å². The van der Waals surface area contributed by atoms with Gasteiger partial charge in [-0.05, 0) is 5.92 Å². The molecule has 4 atom stereocenters. The maximum absolute atomic E-state index is 11.3. The summed E-state index contributed by atoms with van der Waals surface area (Å²) in [6.45, 7) is 6.83. The third-order valence-corrected chi connectivity index (χ3v) is 3.78. The summed E-state index contributed by atoms with van der Waals surface area (Å²) in [5, 5.41) is 11.0. The van der Waals surface area contributed by atoms with Crippen molar-refractivity contribution in [1.29, 1.82) is 5.41 Å². The SMILES string of the molecule is CCC(C)C(C)C(=N)O[C@H]1CN[C@H](C(=O)OC)C1. The predicted molar refractivity (Wildman–Crippen MR) is 69.6 cm³/mol. The topological polar surface area (TPSA) is 71.4 Å². The van der Waals surface area contributed by atoms with Gasteiger partial charge in [0, 0.05) is 18.9 Å². The van der Waals surface area contributed by atoms with Crippen LogP contribution in [0.4, 0.5) is 0 Å². The third-order valence-electron chi connectivity index (χ3n) is 3.78. The number of hydrogen-bond donors (Lipinski definition) is 2. The first-order valence-corrected chi connectivity index (χ1v) is 6.55. The van der Waals surface area contributed by atoms with E-state index in [4.69, 9.17) is 10.1 Å². The van der Waals surface area contributed by atoms with Crippen LogP contribution in [-0.4, -0.2) is 37.7 Å². The van der Waals surface area contributed by atoms with Gasteiger partial charge in [-0.25, -0.2) is 0 Å². The molecule has 1 rings (SSSR count). The Morgan fingerprint density at radius 1 is 1.50 bits per heavy atom. The number of methoxy groups -OCH3 is 1. The highest BCUT2D eigenvalue weighted by Gasteiger charge is 2.32. The van der Waals surface area contributed by atoms with Crippen LogP contribution < -0.4 is 5.32 Å². The van der Waals surface area contributed by atoms with E-state index in [1.807, 2.05) is 6.92 Å². The van der Waals surface area contributed by atoms with E-state index in [-0.39, 0.29) is 24.0 Å². The fourth-order valence-electron chi connectivity index (χ4n) is 2.01. The fourth-order valence-corrected chi connectivity index (χ4v) is 2.01. The van der Waals surface area contributed by atoms with Gasteiger partial charge in [0.05, 0.1) is 7.11 Å². The minimum Gasteiger partial charge on any atom is -0.476 e. The molecular weight excluding hydrogens is 232 g/mol. The Bertz CT molecular complexity index is 307. The molecule has 0 aromatic heterocycles. The van der Waals surface area contributed by atoms with Gasteiger partial charge in [-0.2, -0.15) is 0 Å². The zero-order valence-electron chi connectivity index (χ0n) is 11.7.